The van der Waals surface area contributed by atoms with Gasteiger partial charge in [-0.25, -0.2) is 0 Å². The van der Waals surface area contributed by atoms with Crippen molar-refractivity contribution in [3.63, 3.8) is 0 Å². The number of thioether (sulfide) groups is 1. The summed E-state index contributed by atoms with van der Waals surface area (Å²) >= 11 is 1.64. The standard InChI is InChI=1S/C17H24N2O4S/c1-18-8-3-6-17(16(21)22)7-9-19(10-14(17)18)15(20)13-5-4-12(23-13)11-24-2/h4-5,14H,3,6-11H2,1-2H3,(H,21,22)/t14-,17+/m1/s1. The molecule has 3 rings (SSSR count). The Labute approximate surface area is 146 Å². The Bertz CT molecular complexity index is 632. The number of likely N-dealkylation sites (N-methyl/N-ethyl adjacent to an activating group) is 1. The summed E-state index contributed by atoms with van der Waals surface area (Å²) < 4.78 is 5.63. The van der Waals surface area contributed by atoms with Crippen LogP contribution in [0.4, 0.5) is 0 Å². The van der Waals surface area contributed by atoms with Gasteiger partial charge in [0.25, 0.3) is 5.91 Å². The van der Waals surface area contributed by atoms with E-state index in [1.807, 2.05) is 19.4 Å². The Morgan fingerprint density at radius 2 is 2.17 bits per heavy atom. The highest BCUT2D eigenvalue weighted by Gasteiger charge is 2.53. The fourth-order valence-electron chi connectivity index (χ4n) is 4.04. The molecular weight excluding hydrogens is 328 g/mol. The van der Waals surface area contributed by atoms with E-state index in [0.29, 0.717) is 31.7 Å². The number of carboxylic acid groups (broad SMARTS) is 1. The van der Waals surface area contributed by atoms with Crippen molar-refractivity contribution in [2.45, 2.75) is 31.1 Å². The molecule has 24 heavy (non-hydrogen) atoms. The zero-order valence-corrected chi connectivity index (χ0v) is 15.0. The summed E-state index contributed by atoms with van der Waals surface area (Å²) in [7, 11) is 1.96. The Morgan fingerprint density at radius 1 is 1.38 bits per heavy atom. The van der Waals surface area contributed by atoms with Gasteiger partial charge in [-0.1, -0.05) is 0 Å². The molecule has 7 heteroatoms. The van der Waals surface area contributed by atoms with Gasteiger partial charge in [0.1, 0.15) is 5.76 Å². The first-order valence-corrected chi connectivity index (χ1v) is 9.68. The van der Waals surface area contributed by atoms with E-state index in [2.05, 4.69) is 4.90 Å². The molecule has 6 nitrogen and oxygen atoms in total. The van der Waals surface area contributed by atoms with Crippen LogP contribution in [-0.4, -0.2) is 65.8 Å². The molecule has 1 aromatic rings. The lowest BCUT2D eigenvalue weighted by molar-refractivity contribution is -0.161. The first kappa shape index (κ1) is 17.4. The molecule has 1 aromatic heterocycles. The van der Waals surface area contributed by atoms with Crippen molar-refractivity contribution in [3.05, 3.63) is 23.7 Å². The zero-order valence-electron chi connectivity index (χ0n) is 14.2. The van der Waals surface area contributed by atoms with E-state index in [0.717, 1.165) is 24.5 Å². The maximum Gasteiger partial charge on any atom is 0.311 e. The SMILES string of the molecule is CSCc1ccc(C(=O)N2CC[C@@]3(C(=O)O)CCCN(C)[C@@H]3C2)o1. The molecule has 1 amide bonds. The first-order chi connectivity index (χ1) is 11.5. The molecule has 132 valence electrons. The van der Waals surface area contributed by atoms with Crippen LogP contribution in [-0.2, 0) is 10.5 Å². The van der Waals surface area contributed by atoms with Crippen molar-refractivity contribution >= 4 is 23.6 Å². The Kier molecular flexibility index (Phi) is 4.92. The Morgan fingerprint density at radius 3 is 2.88 bits per heavy atom. The van der Waals surface area contributed by atoms with E-state index >= 15 is 0 Å². The molecule has 1 N–H and O–H groups in total. The molecule has 0 unspecified atom stereocenters. The van der Waals surface area contributed by atoms with E-state index in [9.17, 15) is 14.7 Å². The first-order valence-electron chi connectivity index (χ1n) is 8.28. The minimum atomic E-state index is -0.730. The van der Waals surface area contributed by atoms with Crippen molar-refractivity contribution in [1.82, 2.24) is 9.80 Å². The number of carbonyl (C=O) groups excluding carboxylic acids is 1. The molecule has 0 spiro atoms. The molecule has 2 fully saturated rings. The van der Waals surface area contributed by atoms with Crippen molar-refractivity contribution < 1.29 is 19.1 Å². The number of piperidine rings is 2. The molecule has 2 saturated heterocycles. The van der Waals surface area contributed by atoms with Gasteiger partial charge in [0.15, 0.2) is 5.76 Å². The molecule has 0 saturated carbocycles. The number of nitrogens with zero attached hydrogens (tertiary/aromatic N) is 2. The quantitative estimate of drug-likeness (QED) is 0.895. The normalized spacial score (nSPS) is 27.8. The van der Waals surface area contributed by atoms with Gasteiger partial charge in [0.05, 0.1) is 11.2 Å². The summed E-state index contributed by atoms with van der Waals surface area (Å²) in [6.45, 7) is 1.79. The van der Waals surface area contributed by atoms with Crippen LogP contribution in [0.25, 0.3) is 0 Å². The fourth-order valence-corrected chi connectivity index (χ4v) is 4.48. The summed E-state index contributed by atoms with van der Waals surface area (Å²) in [5.41, 5.74) is -0.725. The molecule has 0 aliphatic carbocycles. The number of hydrogen-bond acceptors (Lipinski definition) is 5. The van der Waals surface area contributed by atoms with Gasteiger partial charge in [-0.15, -0.1) is 0 Å². The van der Waals surface area contributed by atoms with Gasteiger partial charge in [-0.2, -0.15) is 11.8 Å². The molecule has 2 aliphatic heterocycles. The Hall–Kier alpha value is -1.47. The second-order valence-electron chi connectivity index (χ2n) is 6.76. The summed E-state index contributed by atoms with van der Waals surface area (Å²) in [4.78, 5) is 28.5. The molecule has 0 bridgehead atoms. The number of carboxylic acids is 1. The number of hydrogen-bond donors (Lipinski definition) is 1. The lowest BCUT2D eigenvalue weighted by Crippen LogP contribution is -2.63. The number of rotatable bonds is 4. The minimum absolute atomic E-state index is 0.137. The number of furan rings is 1. The van der Waals surface area contributed by atoms with Crippen LogP contribution in [0.5, 0.6) is 0 Å². The third kappa shape index (κ3) is 2.95. The highest BCUT2D eigenvalue weighted by Crippen LogP contribution is 2.42. The number of fused-ring (bicyclic) bond motifs is 1. The Balaban J connectivity index is 1.77. The maximum atomic E-state index is 12.7. The zero-order chi connectivity index (χ0) is 17.3. The predicted molar refractivity (Wildman–Crippen MR) is 92.2 cm³/mol. The summed E-state index contributed by atoms with van der Waals surface area (Å²) in [6, 6.07) is 3.42. The lowest BCUT2D eigenvalue weighted by atomic mass is 9.68. The third-order valence-corrected chi connectivity index (χ3v) is 5.97. The third-order valence-electron chi connectivity index (χ3n) is 5.40. The van der Waals surface area contributed by atoms with Crippen LogP contribution in [0, 0.1) is 5.41 Å². The van der Waals surface area contributed by atoms with Crippen LogP contribution in [0.3, 0.4) is 0 Å². The smallest absolute Gasteiger partial charge is 0.311 e. The van der Waals surface area contributed by atoms with Gasteiger partial charge in [-0.05, 0) is 51.2 Å². The average Bonchev–Trinajstić information content (AvgIpc) is 3.03. The number of carbonyl (C=O) groups is 2. The van der Waals surface area contributed by atoms with Gasteiger partial charge in [-0.3, -0.25) is 9.59 Å². The van der Waals surface area contributed by atoms with Gasteiger partial charge < -0.3 is 19.3 Å². The number of likely N-dealkylation sites (tertiary alicyclic amines) is 2. The van der Waals surface area contributed by atoms with Gasteiger partial charge in [0, 0.05) is 19.1 Å². The van der Waals surface area contributed by atoms with Crippen molar-refractivity contribution in [2.75, 3.05) is 32.9 Å². The van der Waals surface area contributed by atoms with E-state index in [-0.39, 0.29) is 11.9 Å². The molecule has 2 atom stereocenters. The van der Waals surface area contributed by atoms with Crippen molar-refractivity contribution in [2.24, 2.45) is 5.41 Å². The van der Waals surface area contributed by atoms with Gasteiger partial charge in [0.2, 0.25) is 0 Å². The topological polar surface area (TPSA) is 74.0 Å². The van der Waals surface area contributed by atoms with E-state index in [4.69, 9.17) is 4.42 Å². The molecule has 2 aliphatic rings. The highest BCUT2D eigenvalue weighted by molar-refractivity contribution is 7.97. The molecule has 0 radical (unpaired) electrons. The van der Waals surface area contributed by atoms with E-state index < -0.39 is 11.4 Å². The van der Waals surface area contributed by atoms with Crippen LogP contribution < -0.4 is 0 Å². The summed E-state index contributed by atoms with van der Waals surface area (Å²) in [6.07, 6.45) is 4.07. The lowest BCUT2D eigenvalue weighted by Gasteiger charge is -2.51. The monoisotopic (exact) mass is 352 g/mol. The fraction of sp³-hybridized carbons (Fsp3) is 0.647. The molecular formula is C17H24N2O4S. The number of amides is 1. The molecule has 0 aromatic carbocycles. The van der Waals surface area contributed by atoms with E-state index in [1.165, 1.54) is 0 Å². The number of aliphatic carboxylic acids is 1. The minimum Gasteiger partial charge on any atom is -0.481 e. The second-order valence-corrected chi connectivity index (χ2v) is 7.63. The summed E-state index contributed by atoms with van der Waals surface area (Å²) in [5.74, 6) is 1.01. The predicted octanol–water partition coefficient (Wildman–Crippen LogP) is 2.15. The van der Waals surface area contributed by atoms with Crippen molar-refractivity contribution in [1.29, 1.82) is 0 Å². The van der Waals surface area contributed by atoms with E-state index in [1.54, 1.807) is 22.7 Å². The average molecular weight is 352 g/mol. The van der Waals surface area contributed by atoms with Crippen LogP contribution >= 0.6 is 11.8 Å². The molecule has 3 heterocycles. The van der Waals surface area contributed by atoms with Crippen LogP contribution in [0.15, 0.2) is 16.5 Å². The maximum absolute atomic E-state index is 12.7. The second kappa shape index (κ2) is 6.80. The van der Waals surface area contributed by atoms with Crippen LogP contribution in [0.2, 0.25) is 0 Å². The van der Waals surface area contributed by atoms with Crippen LogP contribution in [0.1, 0.15) is 35.6 Å². The highest BCUT2D eigenvalue weighted by atomic mass is 32.2. The van der Waals surface area contributed by atoms with Gasteiger partial charge >= 0.3 is 5.97 Å². The van der Waals surface area contributed by atoms with Crippen molar-refractivity contribution in [3.8, 4) is 0 Å². The largest absolute Gasteiger partial charge is 0.481 e. The summed E-state index contributed by atoms with van der Waals surface area (Å²) in [5, 5.41) is 9.80.